The first-order chi connectivity index (χ1) is 6.81. The summed E-state index contributed by atoms with van der Waals surface area (Å²) in [4.78, 5) is 13.5. The highest BCUT2D eigenvalue weighted by Gasteiger charge is 2.15. The van der Waals surface area contributed by atoms with Crippen LogP contribution < -0.4 is 0 Å². The highest BCUT2D eigenvalue weighted by Crippen LogP contribution is 2.19. The lowest BCUT2D eigenvalue weighted by atomic mass is 9.89. The molecule has 0 saturated heterocycles. The second kappa shape index (κ2) is 6.96. The second-order valence-corrected chi connectivity index (χ2v) is 5.44. The van der Waals surface area contributed by atoms with E-state index in [1.807, 2.05) is 14.1 Å². The van der Waals surface area contributed by atoms with E-state index in [0.717, 1.165) is 6.54 Å². The highest BCUT2D eigenvalue weighted by molar-refractivity contribution is 5.79. The van der Waals surface area contributed by atoms with E-state index in [-0.39, 0.29) is 5.41 Å². The molecule has 0 saturated carbocycles. The maximum Gasteiger partial charge on any atom is 0.135 e. The van der Waals surface area contributed by atoms with Gasteiger partial charge in [0, 0.05) is 19.4 Å². The van der Waals surface area contributed by atoms with Crippen molar-refractivity contribution in [3.8, 4) is 0 Å². The summed E-state index contributed by atoms with van der Waals surface area (Å²) in [5.41, 5.74) is 0.0979. The third-order valence-corrected chi connectivity index (χ3v) is 1.94. The predicted octanol–water partition coefficient (Wildman–Crippen LogP) is 1.96. The quantitative estimate of drug-likeness (QED) is 0.608. The lowest BCUT2D eigenvalue weighted by Gasteiger charge is -2.16. The van der Waals surface area contributed by atoms with Crippen molar-refractivity contribution < 1.29 is 9.53 Å². The first-order valence-corrected chi connectivity index (χ1v) is 5.55. The van der Waals surface area contributed by atoms with Gasteiger partial charge in [0.1, 0.15) is 5.78 Å². The monoisotopic (exact) mass is 215 g/mol. The van der Waals surface area contributed by atoms with Crippen LogP contribution in [0.5, 0.6) is 0 Å². The molecule has 3 heteroatoms. The van der Waals surface area contributed by atoms with Gasteiger partial charge >= 0.3 is 0 Å². The number of hydrogen-bond donors (Lipinski definition) is 0. The molecule has 0 spiro atoms. The molecule has 0 radical (unpaired) electrons. The van der Waals surface area contributed by atoms with E-state index in [9.17, 15) is 4.79 Å². The van der Waals surface area contributed by atoms with Crippen LogP contribution in [0.4, 0.5) is 0 Å². The van der Waals surface area contributed by atoms with Crippen molar-refractivity contribution in [2.24, 2.45) is 5.41 Å². The number of ether oxygens (including phenoxy) is 1. The molecule has 0 amide bonds. The van der Waals surface area contributed by atoms with E-state index >= 15 is 0 Å². The number of likely N-dealkylation sites (N-methyl/N-ethyl adjacent to an activating group) is 1. The zero-order chi connectivity index (χ0) is 11.9. The van der Waals surface area contributed by atoms with Gasteiger partial charge in [0.25, 0.3) is 0 Å². The fraction of sp³-hybridized carbons (Fsp3) is 0.917. The van der Waals surface area contributed by atoms with Gasteiger partial charge in [0.05, 0.1) is 13.2 Å². The maximum absolute atomic E-state index is 11.5. The Labute approximate surface area is 93.8 Å². The molecule has 15 heavy (non-hydrogen) atoms. The Balaban J connectivity index is 3.40. The molecule has 3 nitrogen and oxygen atoms in total. The van der Waals surface area contributed by atoms with Crippen molar-refractivity contribution in [1.82, 2.24) is 4.90 Å². The van der Waals surface area contributed by atoms with E-state index in [1.165, 1.54) is 0 Å². The molecular formula is C12H25NO2. The molecule has 0 heterocycles. The van der Waals surface area contributed by atoms with E-state index in [1.54, 1.807) is 0 Å². The summed E-state index contributed by atoms with van der Waals surface area (Å²) in [6.07, 6.45) is 1.19. The van der Waals surface area contributed by atoms with Crippen molar-refractivity contribution in [1.29, 1.82) is 0 Å². The summed E-state index contributed by atoms with van der Waals surface area (Å²) in [5, 5.41) is 0. The molecule has 0 N–H and O–H groups in total. The van der Waals surface area contributed by atoms with Gasteiger partial charge in [0.15, 0.2) is 0 Å². The molecule has 0 aliphatic heterocycles. The zero-order valence-electron chi connectivity index (χ0n) is 10.8. The average molecular weight is 215 g/mol. The average Bonchev–Trinajstić information content (AvgIpc) is 1.99. The number of rotatable bonds is 7. The van der Waals surface area contributed by atoms with Crippen molar-refractivity contribution in [3.05, 3.63) is 0 Å². The lowest BCUT2D eigenvalue weighted by molar-refractivity contribution is -0.121. The Morgan fingerprint density at radius 1 is 1.20 bits per heavy atom. The van der Waals surface area contributed by atoms with Crippen LogP contribution >= 0.6 is 0 Å². The Kier molecular flexibility index (Phi) is 6.77. The first kappa shape index (κ1) is 14.6. The Hall–Kier alpha value is -0.410. The predicted molar refractivity (Wildman–Crippen MR) is 63.1 cm³/mol. The third kappa shape index (κ3) is 11.5. The molecule has 0 aromatic carbocycles. The van der Waals surface area contributed by atoms with E-state index in [2.05, 4.69) is 25.7 Å². The van der Waals surface area contributed by atoms with E-state index < -0.39 is 0 Å². The minimum atomic E-state index is 0.0979. The minimum Gasteiger partial charge on any atom is -0.380 e. The van der Waals surface area contributed by atoms with Gasteiger partial charge in [-0.3, -0.25) is 4.79 Å². The Bertz CT molecular complexity index is 183. The van der Waals surface area contributed by atoms with Crippen LogP contribution in [0.25, 0.3) is 0 Å². The maximum atomic E-state index is 11.5. The molecular weight excluding hydrogens is 190 g/mol. The number of carbonyl (C=O) groups is 1. The third-order valence-electron chi connectivity index (χ3n) is 1.94. The number of Topliss-reactive ketones (excluding diaryl/α,β-unsaturated/α-hetero) is 1. The van der Waals surface area contributed by atoms with Gasteiger partial charge < -0.3 is 9.64 Å². The van der Waals surface area contributed by atoms with Crippen LogP contribution in [-0.4, -0.2) is 44.5 Å². The van der Waals surface area contributed by atoms with Crippen molar-refractivity contribution in [3.63, 3.8) is 0 Å². The SMILES string of the molecule is CN(C)CCOCCC(=O)CC(C)(C)C. The molecule has 0 fully saturated rings. The van der Waals surface area contributed by atoms with Crippen LogP contribution in [0.3, 0.4) is 0 Å². The summed E-state index contributed by atoms with van der Waals surface area (Å²) < 4.78 is 5.37. The number of hydrogen-bond acceptors (Lipinski definition) is 3. The second-order valence-electron chi connectivity index (χ2n) is 5.44. The molecule has 0 rings (SSSR count). The van der Waals surface area contributed by atoms with Crippen LogP contribution in [-0.2, 0) is 9.53 Å². The molecule has 0 aromatic heterocycles. The molecule has 0 aliphatic rings. The van der Waals surface area contributed by atoms with Gasteiger partial charge in [-0.25, -0.2) is 0 Å². The van der Waals surface area contributed by atoms with Crippen LogP contribution in [0.15, 0.2) is 0 Å². The molecule has 0 unspecified atom stereocenters. The van der Waals surface area contributed by atoms with Gasteiger partial charge in [-0.1, -0.05) is 20.8 Å². The summed E-state index contributed by atoms with van der Waals surface area (Å²) in [6, 6.07) is 0. The zero-order valence-corrected chi connectivity index (χ0v) is 10.8. The lowest BCUT2D eigenvalue weighted by Crippen LogP contribution is -2.19. The fourth-order valence-electron chi connectivity index (χ4n) is 1.22. The number of nitrogens with zero attached hydrogens (tertiary/aromatic N) is 1. The Morgan fingerprint density at radius 2 is 1.80 bits per heavy atom. The van der Waals surface area contributed by atoms with Gasteiger partial charge in [0.2, 0.25) is 0 Å². The largest absolute Gasteiger partial charge is 0.380 e. The summed E-state index contributed by atoms with van der Waals surface area (Å²) in [5.74, 6) is 0.298. The smallest absolute Gasteiger partial charge is 0.135 e. The summed E-state index contributed by atoms with van der Waals surface area (Å²) >= 11 is 0. The number of ketones is 1. The van der Waals surface area contributed by atoms with Crippen LogP contribution in [0.1, 0.15) is 33.6 Å². The molecule has 0 atom stereocenters. The van der Waals surface area contributed by atoms with E-state index in [4.69, 9.17) is 4.74 Å². The van der Waals surface area contributed by atoms with Gasteiger partial charge in [-0.2, -0.15) is 0 Å². The standard InChI is InChI=1S/C12H25NO2/c1-12(2,3)10-11(14)6-8-15-9-7-13(4)5/h6-10H2,1-5H3. The summed E-state index contributed by atoms with van der Waals surface area (Å²) in [7, 11) is 4.02. The van der Waals surface area contributed by atoms with Crippen molar-refractivity contribution in [2.75, 3.05) is 33.9 Å². The molecule has 0 aliphatic carbocycles. The van der Waals surface area contributed by atoms with Crippen LogP contribution in [0, 0.1) is 5.41 Å². The topological polar surface area (TPSA) is 29.5 Å². The minimum absolute atomic E-state index is 0.0979. The first-order valence-electron chi connectivity index (χ1n) is 5.55. The van der Waals surface area contributed by atoms with Gasteiger partial charge in [-0.05, 0) is 19.5 Å². The normalized spacial score (nSPS) is 12.1. The molecule has 90 valence electrons. The summed E-state index contributed by atoms with van der Waals surface area (Å²) in [6.45, 7) is 8.42. The van der Waals surface area contributed by atoms with Crippen molar-refractivity contribution >= 4 is 5.78 Å². The van der Waals surface area contributed by atoms with E-state index in [0.29, 0.717) is 31.8 Å². The van der Waals surface area contributed by atoms with Crippen molar-refractivity contribution in [2.45, 2.75) is 33.6 Å². The molecule has 0 bridgehead atoms. The Morgan fingerprint density at radius 3 is 2.27 bits per heavy atom. The van der Waals surface area contributed by atoms with Gasteiger partial charge in [-0.15, -0.1) is 0 Å². The number of carbonyl (C=O) groups excluding carboxylic acids is 1. The van der Waals surface area contributed by atoms with Crippen LogP contribution in [0.2, 0.25) is 0 Å². The molecule has 0 aromatic rings. The highest BCUT2D eigenvalue weighted by atomic mass is 16.5. The fourth-order valence-corrected chi connectivity index (χ4v) is 1.22.